The predicted molar refractivity (Wildman–Crippen MR) is 131 cm³/mol. The minimum atomic E-state index is -0.587. The number of thioether (sulfide) groups is 1. The Kier molecular flexibility index (Phi) is 6.88. The molecule has 4 rings (SSSR count). The van der Waals surface area contributed by atoms with Gasteiger partial charge in [0, 0.05) is 15.6 Å². The van der Waals surface area contributed by atoms with E-state index in [0.717, 1.165) is 22.9 Å². The molecule has 0 bridgehead atoms. The van der Waals surface area contributed by atoms with Gasteiger partial charge in [-0.05, 0) is 72.8 Å². The molecule has 0 atom stereocenters. The lowest BCUT2D eigenvalue weighted by molar-refractivity contribution is -0.123. The summed E-state index contributed by atoms with van der Waals surface area (Å²) in [5, 5.41) is 0.529. The molecular formula is C25H17Cl2NO4S. The van der Waals surface area contributed by atoms with Crippen LogP contribution in [0.15, 0.2) is 71.6 Å². The maximum atomic E-state index is 12.9. The Morgan fingerprint density at radius 1 is 1.00 bits per heavy atom. The molecule has 0 spiro atoms. The Balaban J connectivity index is 1.58. The number of halogens is 2. The summed E-state index contributed by atoms with van der Waals surface area (Å²) < 4.78 is 5.53. The quantitative estimate of drug-likeness (QED) is 0.221. The van der Waals surface area contributed by atoms with Crippen LogP contribution in [0.1, 0.15) is 27.0 Å². The largest absolute Gasteiger partial charge is 0.422 e. The van der Waals surface area contributed by atoms with Gasteiger partial charge >= 0.3 is 5.97 Å². The van der Waals surface area contributed by atoms with E-state index in [1.54, 1.807) is 42.5 Å². The number of aryl methyl sites for hydroxylation is 1. The van der Waals surface area contributed by atoms with Gasteiger partial charge in [-0.1, -0.05) is 53.0 Å². The molecule has 0 saturated carbocycles. The lowest BCUT2D eigenvalue weighted by Crippen LogP contribution is -2.27. The van der Waals surface area contributed by atoms with Crippen LogP contribution in [0.2, 0.25) is 10.0 Å². The highest BCUT2D eigenvalue weighted by Crippen LogP contribution is 2.36. The highest BCUT2D eigenvalue weighted by atomic mass is 35.5. The molecule has 0 N–H and O–H groups in total. The Bertz CT molecular complexity index is 1290. The Hall–Kier alpha value is -3.06. The third-order valence-electron chi connectivity index (χ3n) is 4.84. The highest BCUT2D eigenvalue weighted by Gasteiger charge is 2.35. The van der Waals surface area contributed by atoms with Gasteiger partial charge in [-0.15, -0.1) is 0 Å². The van der Waals surface area contributed by atoms with Gasteiger partial charge < -0.3 is 4.74 Å². The van der Waals surface area contributed by atoms with Crippen molar-refractivity contribution in [1.82, 2.24) is 4.90 Å². The molecule has 0 unspecified atom stereocenters. The average Bonchev–Trinajstić information content (AvgIpc) is 3.03. The molecule has 2 amide bonds. The molecule has 1 aliphatic heterocycles. The van der Waals surface area contributed by atoms with Crippen molar-refractivity contribution in [3.63, 3.8) is 0 Å². The van der Waals surface area contributed by atoms with Crippen molar-refractivity contribution in [2.24, 2.45) is 0 Å². The second kappa shape index (κ2) is 9.83. The van der Waals surface area contributed by atoms with Crippen LogP contribution < -0.4 is 4.74 Å². The molecule has 1 aliphatic rings. The van der Waals surface area contributed by atoms with Crippen molar-refractivity contribution < 1.29 is 19.1 Å². The number of rotatable bonds is 5. The van der Waals surface area contributed by atoms with E-state index in [1.807, 2.05) is 31.2 Å². The zero-order chi connectivity index (χ0) is 23.5. The van der Waals surface area contributed by atoms with E-state index in [2.05, 4.69) is 0 Å². The van der Waals surface area contributed by atoms with E-state index in [1.165, 1.54) is 11.0 Å². The summed E-state index contributed by atoms with van der Waals surface area (Å²) >= 11 is 12.8. The summed E-state index contributed by atoms with van der Waals surface area (Å²) in [4.78, 5) is 39.4. The number of carbonyl (C=O) groups is 3. The summed E-state index contributed by atoms with van der Waals surface area (Å²) in [5.74, 6) is -0.789. The molecule has 8 heteroatoms. The first-order chi connectivity index (χ1) is 15.8. The van der Waals surface area contributed by atoms with E-state index in [4.69, 9.17) is 27.9 Å². The average molecular weight is 498 g/mol. The van der Waals surface area contributed by atoms with E-state index >= 15 is 0 Å². The maximum Gasteiger partial charge on any atom is 0.343 e. The predicted octanol–water partition coefficient (Wildman–Crippen LogP) is 6.76. The third-order valence-corrected chi connectivity index (χ3v) is 6.23. The summed E-state index contributed by atoms with van der Waals surface area (Å²) in [6.45, 7) is 2.13. The summed E-state index contributed by atoms with van der Waals surface area (Å²) in [7, 11) is 0. The number of benzene rings is 3. The maximum absolute atomic E-state index is 12.9. The molecule has 166 valence electrons. The fourth-order valence-corrected chi connectivity index (χ4v) is 4.38. The van der Waals surface area contributed by atoms with Crippen LogP contribution in [0, 0.1) is 6.92 Å². The fourth-order valence-electron chi connectivity index (χ4n) is 3.24. The van der Waals surface area contributed by atoms with Gasteiger partial charge in [0.05, 0.1) is 17.0 Å². The van der Waals surface area contributed by atoms with Crippen molar-refractivity contribution in [3.05, 3.63) is 104 Å². The minimum absolute atomic E-state index is 0.178. The van der Waals surface area contributed by atoms with Crippen LogP contribution in [0.4, 0.5) is 4.79 Å². The van der Waals surface area contributed by atoms with Gasteiger partial charge in [0.25, 0.3) is 11.1 Å². The number of hydrogen-bond acceptors (Lipinski definition) is 5. The van der Waals surface area contributed by atoms with E-state index in [-0.39, 0.29) is 22.4 Å². The second-order valence-corrected chi connectivity index (χ2v) is 9.20. The van der Waals surface area contributed by atoms with Crippen molar-refractivity contribution in [2.75, 3.05) is 0 Å². The molecule has 3 aromatic carbocycles. The SMILES string of the molecule is Cc1cccc(CN2C(=O)S/C(=C\c3cc(Cl)ccc3OC(=O)c3ccc(Cl)cc3)C2=O)c1. The standard InChI is InChI=1S/C25H17Cl2NO4S/c1-15-3-2-4-16(11-15)14-28-23(29)22(33-25(28)31)13-18-12-20(27)9-10-21(18)32-24(30)17-5-7-19(26)8-6-17/h2-13H,14H2,1H3/b22-13-. The van der Waals surface area contributed by atoms with Crippen molar-refractivity contribution in [1.29, 1.82) is 0 Å². The van der Waals surface area contributed by atoms with Crippen LogP contribution in [-0.4, -0.2) is 22.0 Å². The number of carbonyl (C=O) groups excluding carboxylic acids is 3. The lowest BCUT2D eigenvalue weighted by Gasteiger charge is -2.13. The molecular weight excluding hydrogens is 481 g/mol. The van der Waals surface area contributed by atoms with E-state index in [9.17, 15) is 14.4 Å². The van der Waals surface area contributed by atoms with Crippen LogP contribution in [0.5, 0.6) is 5.75 Å². The number of imide groups is 1. The fraction of sp³-hybridized carbons (Fsp3) is 0.0800. The third kappa shape index (κ3) is 5.47. The number of ether oxygens (including phenoxy) is 1. The van der Waals surface area contributed by atoms with Crippen LogP contribution in [0.3, 0.4) is 0 Å². The zero-order valence-corrected chi connectivity index (χ0v) is 19.7. The Labute approximate surface area is 204 Å². The molecule has 0 aromatic heterocycles. The second-order valence-electron chi connectivity index (χ2n) is 7.34. The molecule has 33 heavy (non-hydrogen) atoms. The first kappa shape index (κ1) is 23.1. The number of amides is 2. The van der Waals surface area contributed by atoms with Crippen LogP contribution in [0.25, 0.3) is 6.08 Å². The van der Waals surface area contributed by atoms with Gasteiger partial charge in [0.15, 0.2) is 0 Å². The smallest absolute Gasteiger partial charge is 0.343 e. The monoisotopic (exact) mass is 497 g/mol. The number of nitrogens with zero attached hydrogens (tertiary/aromatic N) is 1. The molecule has 1 saturated heterocycles. The van der Waals surface area contributed by atoms with Gasteiger partial charge in [-0.2, -0.15) is 0 Å². The van der Waals surface area contributed by atoms with Crippen molar-refractivity contribution >= 4 is 58.2 Å². The molecule has 0 radical (unpaired) electrons. The van der Waals surface area contributed by atoms with Crippen LogP contribution in [-0.2, 0) is 11.3 Å². The molecule has 1 heterocycles. The summed E-state index contributed by atoms with van der Waals surface area (Å²) in [5.41, 5.74) is 2.63. The van der Waals surface area contributed by atoms with Gasteiger partial charge in [-0.25, -0.2) is 4.79 Å². The molecule has 5 nitrogen and oxygen atoms in total. The van der Waals surface area contributed by atoms with Gasteiger partial charge in [0.2, 0.25) is 0 Å². The Morgan fingerprint density at radius 2 is 1.73 bits per heavy atom. The van der Waals surface area contributed by atoms with E-state index in [0.29, 0.717) is 21.2 Å². The first-order valence-electron chi connectivity index (χ1n) is 9.88. The van der Waals surface area contributed by atoms with Crippen LogP contribution >= 0.6 is 35.0 Å². The zero-order valence-electron chi connectivity index (χ0n) is 17.4. The normalized spacial score (nSPS) is 14.8. The Morgan fingerprint density at radius 3 is 2.45 bits per heavy atom. The minimum Gasteiger partial charge on any atom is -0.422 e. The first-order valence-corrected chi connectivity index (χ1v) is 11.5. The highest BCUT2D eigenvalue weighted by molar-refractivity contribution is 8.18. The van der Waals surface area contributed by atoms with Crippen molar-refractivity contribution in [2.45, 2.75) is 13.5 Å². The van der Waals surface area contributed by atoms with Gasteiger partial charge in [-0.3, -0.25) is 14.5 Å². The molecule has 3 aromatic rings. The summed E-state index contributed by atoms with van der Waals surface area (Å²) in [6.07, 6.45) is 1.51. The van der Waals surface area contributed by atoms with Gasteiger partial charge in [0.1, 0.15) is 5.75 Å². The number of hydrogen-bond donors (Lipinski definition) is 0. The summed E-state index contributed by atoms with van der Waals surface area (Å²) in [6, 6.07) is 18.6. The number of esters is 1. The molecule has 1 fully saturated rings. The van der Waals surface area contributed by atoms with E-state index < -0.39 is 11.9 Å². The topological polar surface area (TPSA) is 63.7 Å². The van der Waals surface area contributed by atoms with Crippen molar-refractivity contribution in [3.8, 4) is 5.75 Å². The lowest BCUT2D eigenvalue weighted by atomic mass is 10.1. The molecule has 0 aliphatic carbocycles.